The summed E-state index contributed by atoms with van der Waals surface area (Å²) in [5, 5.41) is 0. The lowest BCUT2D eigenvalue weighted by Gasteiger charge is -2.41. The number of hydrogen-bond donors (Lipinski definition) is 0. The molecular formula is C14H16F6N2O2S. The smallest absolute Gasteiger partial charge is 0.368 e. The number of rotatable bonds is 3. The van der Waals surface area contributed by atoms with Crippen LogP contribution < -0.4 is 4.90 Å². The van der Waals surface area contributed by atoms with Crippen molar-refractivity contribution >= 4 is 15.5 Å². The summed E-state index contributed by atoms with van der Waals surface area (Å²) in [6.07, 6.45) is -4.38. The van der Waals surface area contributed by atoms with Gasteiger partial charge in [0.05, 0.1) is 17.1 Å². The van der Waals surface area contributed by atoms with E-state index < -0.39 is 39.0 Å². The van der Waals surface area contributed by atoms with Crippen molar-refractivity contribution in [3.8, 4) is 0 Å². The van der Waals surface area contributed by atoms with Crippen molar-refractivity contribution < 1.29 is 34.8 Å². The van der Waals surface area contributed by atoms with Crippen LogP contribution in [-0.2, 0) is 9.84 Å². The van der Waals surface area contributed by atoms with Crippen LogP contribution in [0.15, 0.2) is 29.2 Å². The van der Waals surface area contributed by atoms with Crippen LogP contribution in [0.25, 0.3) is 0 Å². The van der Waals surface area contributed by atoms with E-state index in [1.165, 1.54) is 30.0 Å². The van der Waals surface area contributed by atoms with Crippen molar-refractivity contribution in [2.24, 2.45) is 0 Å². The van der Waals surface area contributed by atoms with Crippen LogP contribution in [0.3, 0.4) is 0 Å². The Kier molecular flexibility index (Phi) is 5.29. The molecule has 0 spiro atoms. The van der Waals surface area contributed by atoms with Crippen LogP contribution in [0.5, 0.6) is 0 Å². The highest BCUT2D eigenvalue weighted by Crippen LogP contribution is 2.36. The summed E-state index contributed by atoms with van der Waals surface area (Å²) in [5.74, 6) is 0. The molecule has 2 rings (SSSR count). The number of anilines is 1. The molecule has 0 aromatic heterocycles. The topological polar surface area (TPSA) is 40.6 Å². The SMILES string of the molecule is CC1CN(c2ccccc2S(=O)(=O)C(F)(F)F)CCN1CC(F)(F)F. The first-order chi connectivity index (χ1) is 11.3. The van der Waals surface area contributed by atoms with Crippen LogP contribution >= 0.6 is 0 Å². The van der Waals surface area contributed by atoms with Gasteiger partial charge in [-0.25, -0.2) is 8.42 Å². The fraction of sp³-hybridized carbons (Fsp3) is 0.571. The maximum absolute atomic E-state index is 12.9. The lowest BCUT2D eigenvalue weighted by molar-refractivity contribution is -0.150. The minimum Gasteiger partial charge on any atom is -0.368 e. The Morgan fingerprint density at radius 1 is 1.08 bits per heavy atom. The second-order valence-electron chi connectivity index (χ2n) is 5.80. The number of para-hydroxylation sites is 1. The van der Waals surface area contributed by atoms with Gasteiger partial charge in [0.2, 0.25) is 0 Å². The molecule has 1 aliphatic heterocycles. The molecule has 11 heteroatoms. The lowest BCUT2D eigenvalue weighted by Crippen LogP contribution is -2.54. The fourth-order valence-corrected chi connectivity index (χ4v) is 3.73. The molecule has 0 N–H and O–H groups in total. The molecule has 1 heterocycles. The maximum atomic E-state index is 12.9. The molecule has 1 aromatic rings. The molecule has 25 heavy (non-hydrogen) atoms. The summed E-state index contributed by atoms with van der Waals surface area (Å²) in [6, 6.07) is 4.04. The van der Waals surface area contributed by atoms with Gasteiger partial charge >= 0.3 is 11.7 Å². The van der Waals surface area contributed by atoms with E-state index >= 15 is 0 Å². The third kappa shape index (κ3) is 4.38. The standard InChI is InChI=1S/C14H16F6N2O2S/c1-10-8-21(6-7-22(10)9-13(15,16)17)11-4-2-3-5-12(11)25(23,24)14(18,19)20/h2-5,10H,6-9H2,1H3. The van der Waals surface area contributed by atoms with Crippen LogP contribution in [0.4, 0.5) is 32.0 Å². The number of piperazine rings is 1. The van der Waals surface area contributed by atoms with E-state index in [2.05, 4.69) is 0 Å². The first-order valence-corrected chi connectivity index (χ1v) is 8.77. The van der Waals surface area contributed by atoms with Gasteiger partial charge in [-0.3, -0.25) is 4.90 Å². The largest absolute Gasteiger partial charge is 0.501 e. The summed E-state index contributed by atoms with van der Waals surface area (Å²) < 4.78 is 99.6. The Hall–Kier alpha value is -1.49. The highest BCUT2D eigenvalue weighted by atomic mass is 32.2. The van der Waals surface area contributed by atoms with Crippen LogP contribution in [0.2, 0.25) is 0 Å². The quantitative estimate of drug-likeness (QED) is 0.744. The number of halogens is 6. The van der Waals surface area contributed by atoms with Crippen LogP contribution in [-0.4, -0.2) is 57.2 Å². The van der Waals surface area contributed by atoms with Crippen LogP contribution in [0, 0.1) is 0 Å². The molecular weight excluding hydrogens is 374 g/mol. The molecule has 1 saturated heterocycles. The van der Waals surface area contributed by atoms with E-state index in [4.69, 9.17) is 0 Å². The summed E-state index contributed by atoms with van der Waals surface area (Å²) in [6.45, 7) is 0.329. The Bertz CT molecular complexity index is 717. The van der Waals surface area contributed by atoms with Crippen molar-refractivity contribution in [1.82, 2.24) is 4.90 Å². The van der Waals surface area contributed by atoms with E-state index in [0.717, 1.165) is 11.0 Å². The molecule has 0 radical (unpaired) electrons. The highest BCUT2D eigenvalue weighted by molar-refractivity contribution is 7.92. The molecule has 1 unspecified atom stereocenters. The average molecular weight is 390 g/mol. The minimum atomic E-state index is -5.55. The minimum absolute atomic E-state index is 0.00912. The number of alkyl halides is 6. The molecule has 1 aromatic carbocycles. The molecule has 4 nitrogen and oxygen atoms in total. The second-order valence-corrected chi connectivity index (χ2v) is 7.71. The van der Waals surface area contributed by atoms with Crippen molar-refractivity contribution in [3.63, 3.8) is 0 Å². The van der Waals surface area contributed by atoms with Gasteiger partial charge in [0.25, 0.3) is 9.84 Å². The van der Waals surface area contributed by atoms with E-state index in [0.29, 0.717) is 0 Å². The molecule has 1 atom stereocenters. The van der Waals surface area contributed by atoms with Gasteiger partial charge in [0, 0.05) is 25.7 Å². The van der Waals surface area contributed by atoms with Gasteiger partial charge < -0.3 is 4.90 Å². The Balaban J connectivity index is 2.28. The van der Waals surface area contributed by atoms with Crippen LogP contribution in [0.1, 0.15) is 6.92 Å². The predicted octanol–water partition coefficient (Wildman–Crippen LogP) is 3.05. The summed E-state index contributed by atoms with van der Waals surface area (Å²) in [4.78, 5) is 1.65. The van der Waals surface area contributed by atoms with Gasteiger partial charge in [-0.15, -0.1) is 0 Å². The van der Waals surface area contributed by atoms with E-state index in [1.807, 2.05) is 0 Å². The first kappa shape index (κ1) is 19.8. The van der Waals surface area contributed by atoms with Crippen molar-refractivity contribution in [2.45, 2.75) is 29.5 Å². The molecule has 0 amide bonds. The molecule has 1 fully saturated rings. The predicted molar refractivity (Wildman–Crippen MR) is 79.0 cm³/mol. The lowest BCUT2D eigenvalue weighted by atomic mass is 10.1. The zero-order valence-corrected chi connectivity index (χ0v) is 13.9. The van der Waals surface area contributed by atoms with Gasteiger partial charge in [-0.2, -0.15) is 26.3 Å². The number of hydrogen-bond acceptors (Lipinski definition) is 4. The number of benzene rings is 1. The zero-order chi connectivity index (χ0) is 19.0. The van der Waals surface area contributed by atoms with Gasteiger partial charge in [0.15, 0.2) is 0 Å². The number of sulfone groups is 1. The zero-order valence-electron chi connectivity index (χ0n) is 13.1. The molecule has 0 aliphatic carbocycles. The fourth-order valence-electron chi connectivity index (χ4n) is 2.75. The monoisotopic (exact) mass is 390 g/mol. The maximum Gasteiger partial charge on any atom is 0.501 e. The van der Waals surface area contributed by atoms with Crippen molar-refractivity contribution in [1.29, 1.82) is 0 Å². The van der Waals surface area contributed by atoms with Crippen molar-refractivity contribution in [2.75, 3.05) is 31.1 Å². The van der Waals surface area contributed by atoms with Gasteiger partial charge in [-0.05, 0) is 19.1 Å². The van der Waals surface area contributed by atoms with Crippen molar-refractivity contribution in [3.05, 3.63) is 24.3 Å². The van der Waals surface area contributed by atoms with E-state index in [-0.39, 0.29) is 25.3 Å². The molecule has 1 aliphatic rings. The molecule has 142 valence electrons. The third-order valence-corrected chi connectivity index (χ3v) is 5.48. The highest BCUT2D eigenvalue weighted by Gasteiger charge is 2.48. The normalized spacial score (nSPS) is 20.8. The number of nitrogens with zero attached hydrogens (tertiary/aromatic N) is 2. The molecule has 0 bridgehead atoms. The van der Waals surface area contributed by atoms with E-state index in [1.54, 1.807) is 0 Å². The van der Waals surface area contributed by atoms with Gasteiger partial charge in [-0.1, -0.05) is 12.1 Å². The molecule has 0 saturated carbocycles. The summed E-state index contributed by atoms with van der Waals surface area (Å²) in [7, 11) is -5.55. The Morgan fingerprint density at radius 2 is 1.68 bits per heavy atom. The van der Waals surface area contributed by atoms with Gasteiger partial charge in [0.1, 0.15) is 0 Å². The first-order valence-electron chi connectivity index (χ1n) is 7.29. The Labute approximate surface area is 140 Å². The summed E-state index contributed by atoms with van der Waals surface area (Å²) in [5.41, 5.74) is -5.61. The Morgan fingerprint density at radius 3 is 2.20 bits per heavy atom. The second kappa shape index (κ2) is 6.67. The third-order valence-electron chi connectivity index (χ3n) is 3.95. The van der Waals surface area contributed by atoms with E-state index in [9.17, 15) is 34.8 Å². The average Bonchev–Trinajstić information content (AvgIpc) is 2.47. The summed E-state index contributed by atoms with van der Waals surface area (Å²) >= 11 is 0.